The van der Waals surface area contributed by atoms with Crippen LogP contribution in [-0.2, 0) is 4.79 Å². The Hall–Kier alpha value is -0.610. The van der Waals surface area contributed by atoms with E-state index in [0.717, 1.165) is 0 Å². The third-order valence-corrected chi connectivity index (χ3v) is 1.78. The van der Waals surface area contributed by atoms with E-state index >= 15 is 0 Å². The van der Waals surface area contributed by atoms with Gasteiger partial charge in [-0.25, -0.2) is 0 Å². The molecule has 0 aromatic rings. The lowest BCUT2D eigenvalue weighted by Crippen LogP contribution is -2.42. The molecule has 0 aromatic carbocycles. The highest BCUT2D eigenvalue weighted by atomic mass is 16.3. The lowest BCUT2D eigenvalue weighted by molar-refractivity contribution is -0.118. The fourth-order valence-corrected chi connectivity index (χ4v) is 0.949. The number of carbonyl (C=O) groups is 1. The maximum Gasteiger partial charge on any atom is 0.218 e. The lowest BCUT2D eigenvalue weighted by Gasteiger charge is -2.20. The van der Waals surface area contributed by atoms with Crippen molar-refractivity contribution in [3.8, 4) is 0 Å². The molecule has 0 saturated heterocycles. The van der Waals surface area contributed by atoms with Crippen LogP contribution in [0.15, 0.2) is 0 Å². The first kappa shape index (κ1) is 11.4. The summed E-state index contributed by atoms with van der Waals surface area (Å²) in [6, 6.07) is 0.00597. The molecule has 12 heavy (non-hydrogen) atoms. The summed E-state index contributed by atoms with van der Waals surface area (Å²) in [5.41, 5.74) is 5.00. The van der Waals surface area contributed by atoms with Crippen LogP contribution in [0.1, 0.15) is 27.2 Å². The number of nitrogens with one attached hydrogen (secondary N) is 1. The molecule has 0 bridgehead atoms. The largest absolute Gasteiger partial charge is 0.392 e. The number of primary amides is 1. The lowest BCUT2D eigenvalue weighted by atomic mass is 10.1. The summed E-state index contributed by atoms with van der Waals surface area (Å²) in [6.07, 6.45) is -0.114. The average Bonchev–Trinajstić information content (AvgIpc) is 1.84. The number of amides is 1. The third-order valence-electron chi connectivity index (χ3n) is 1.78. The fraction of sp³-hybridized carbons (Fsp3) is 0.875. The Balaban J connectivity index is 3.68. The van der Waals surface area contributed by atoms with Crippen molar-refractivity contribution in [3.05, 3.63) is 0 Å². The molecular formula is C8H18N2O2. The van der Waals surface area contributed by atoms with Gasteiger partial charge in [0, 0.05) is 18.5 Å². The molecule has 0 spiro atoms. The first-order chi connectivity index (χ1) is 5.43. The molecule has 0 fully saturated rings. The molecule has 0 aliphatic heterocycles. The Kier molecular flexibility index (Phi) is 4.85. The monoisotopic (exact) mass is 174 g/mol. The molecule has 4 heteroatoms. The first-order valence-corrected chi connectivity index (χ1v) is 4.16. The van der Waals surface area contributed by atoms with E-state index in [0.29, 0.717) is 6.42 Å². The van der Waals surface area contributed by atoms with Crippen molar-refractivity contribution in [1.29, 1.82) is 0 Å². The van der Waals surface area contributed by atoms with Gasteiger partial charge < -0.3 is 16.2 Å². The number of nitrogens with two attached hydrogens (primary N) is 1. The zero-order valence-corrected chi connectivity index (χ0v) is 7.87. The van der Waals surface area contributed by atoms with E-state index < -0.39 is 6.10 Å². The fourth-order valence-electron chi connectivity index (χ4n) is 0.949. The maximum absolute atomic E-state index is 10.5. The van der Waals surface area contributed by atoms with Gasteiger partial charge in [-0.05, 0) is 20.8 Å². The van der Waals surface area contributed by atoms with Gasteiger partial charge in [0.2, 0.25) is 5.91 Å². The molecule has 0 rings (SSSR count). The normalized spacial score (nSPS) is 18.3. The molecule has 0 aliphatic rings. The van der Waals surface area contributed by atoms with Crippen molar-refractivity contribution >= 4 is 5.91 Å². The number of rotatable bonds is 5. The molecule has 0 aromatic heterocycles. The molecular weight excluding hydrogens is 156 g/mol. The Morgan fingerprint density at radius 3 is 2.33 bits per heavy atom. The van der Waals surface area contributed by atoms with E-state index in [4.69, 9.17) is 10.8 Å². The van der Waals surface area contributed by atoms with Crippen molar-refractivity contribution in [2.24, 2.45) is 5.73 Å². The maximum atomic E-state index is 10.5. The SMILES string of the molecule is CC(CC(N)=O)NC(C)C(C)O. The molecule has 1 amide bonds. The summed E-state index contributed by atoms with van der Waals surface area (Å²) in [5.74, 6) is -0.326. The van der Waals surface area contributed by atoms with E-state index in [1.165, 1.54) is 0 Å². The molecule has 72 valence electrons. The zero-order valence-electron chi connectivity index (χ0n) is 7.87. The van der Waals surface area contributed by atoms with E-state index in [-0.39, 0.29) is 18.0 Å². The van der Waals surface area contributed by atoms with E-state index in [2.05, 4.69) is 5.32 Å². The van der Waals surface area contributed by atoms with Crippen molar-refractivity contribution in [3.63, 3.8) is 0 Å². The number of aliphatic hydroxyl groups is 1. The third kappa shape index (κ3) is 5.09. The van der Waals surface area contributed by atoms with Crippen LogP contribution < -0.4 is 11.1 Å². The Morgan fingerprint density at radius 1 is 1.50 bits per heavy atom. The summed E-state index contributed by atoms with van der Waals surface area (Å²) in [5, 5.41) is 12.2. The van der Waals surface area contributed by atoms with Gasteiger partial charge in [-0.3, -0.25) is 4.79 Å². The van der Waals surface area contributed by atoms with Crippen LogP contribution in [0.5, 0.6) is 0 Å². The minimum absolute atomic E-state index is 0.0145. The molecule has 3 atom stereocenters. The number of hydrogen-bond donors (Lipinski definition) is 3. The van der Waals surface area contributed by atoms with Gasteiger partial charge in [-0.1, -0.05) is 0 Å². The van der Waals surface area contributed by atoms with Crippen LogP contribution in [-0.4, -0.2) is 29.2 Å². The molecule has 4 nitrogen and oxygen atoms in total. The van der Waals surface area contributed by atoms with Crippen LogP contribution in [0.25, 0.3) is 0 Å². The Bertz CT molecular complexity index is 148. The van der Waals surface area contributed by atoms with Gasteiger partial charge in [-0.2, -0.15) is 0 Å². The van der Waals surface area contributed by atoms with Gasteiger partial charge in [0.25, 0.3) is 0 Å². The predicted octanol–water partition coefficient (Wildman–Crippen LogP) is -0.391. The smallest absolute Gasteiger partial charge is 0.218 e. The Morgan fingerprint density at radius 2 is 2.00 bits per heavy atom. The van der Waals surface area contributed by atoms with Crippen LogP contribution in [0, 0.1) is 0 Å². The average molecular weight is 174 g/mol. The molecule has 4 N–H and O–H groups in total. The van der Waals surface area contributed by atoms with Crippen LogP contribution >= 0.6 is 0 Å². The predicted molar refractivity (Wildman–Crippen MR) is 47.6 cm³/mol. The topological polar surface area (TPSA) is 75.4 Å². The second kappa shape index (κ2) is 5.11. The second-order valence-electron chi connectivity index (χ2n) is 3.27. The molecule has 0 saturated carbocycles. The zero-order chi connectivity index (χ0) is 9.72. The van der Waals surface area contributed by atoms with Gasteiger partial charge in [-0.15, -0.1) is 0 Å². The summed E-state index contributed by atoms with van der Waals surface area (Å²) < 4.78 is 0. The Labute approximate surface area is 73.1 Å². The van der Waals surface area contributed by atoms with E-state index in [1.807, 2.05) is 13.8 Å². The molecule has 0 heterocycles. The highest BCUT2D eigenvalue weighted by molar-refractivity contribution is 5.74. The van der Waals surface area contributed by atoms with Gasteiger partial charge in [0.1, 0.15) is 0 Å². The van der Waals surface area contributed by atoms with Crippen molar-refractivity contribution in [2.45, 2.75) is 45.4 Å². The van der Waals surface area contributed by atoms with Gasteiger partial charge >= 0.3 is 0 Å². The van der Waals surface area contributed by atoms with E-state index in [9.17, 15) is 4.79 Å². The first-order valence-electron chi connectivity index (χ1n) is 4.16. The minimum Gasteiger partial charge on any atom is -0.392 e. The summed E-state index contributed by atoms with van der Waals surface area (Å²) >= 11 is 0. The molecule has 0 radical (unpaired) electrons. The highest BCUT2D eigenvalue weighted by Crippen LogP contribution is 1.96. The summed E-state index contributed by atoms with van der Waals surface area (Å²) in [4.78, 5) is 10.5. The summed E-state index contributed by atoms with van der Waals surface area (Å²) in [7, 11) is 0. The number of carbonyl (C=O) groups excluding carboxylic acids is 1. The van der Waals surface area contributed by atoms with Gasteiger partial charge in [0.15, 0.2) is 0 Å². The van der Waals surface area contributed by atoms with Crippen molar-refractivity contribution in [2.75, 3.05) is 0 Å². The molecule has 0 aliphatic carbocycles. The number of hydrogen-bond acceptors (Lipinski definition) is 3. The van der Waals surface area contributed by atoms with Gasteiger partial charge in [0.05, 0.1) is 6.10 Å². The van der Waals surface area contributed by atoms with Crippen LogP contribution in [0.3, 0.4) is 0 Å². The standard InChI is InChI=1S/C8H18N2O2/c1-5(4-8(9)12)10-6(2)7(3)11/h5-7,10-11H,4H2,1-3H3,(H2,9,12). The minimum atomic E-state index is -0.416. The number of aliphatic hydroxyl groups excluding tert-OH is 1. The highest BCUT2D eigenvalue weighted by Gasteiger charge is 2.12. The van der Waals surface area contributed by atoms with Crippen molar-refractivity contribution in [1.82, 2.24) is 5.32 Å². The second-order valence-corrected chi connectivity index (χ2v) is 3.27. The van der Waals surface area contributed by atoms with Crippen LogP contribution in [0.4, 0.5) is 0 Å². The van der Waals surface area contributed by atoms with E-state index in [1.54, 1.807) is 6.92 Å². The quantitative estimate of drug-likeness (QED) is 0.531. The van der Waals surface area contributed by atoms with Crippen LogP contribution in [0.2, 0.25) is 0 Å². The van der Waals surface area contributed by atoms with Crippen molar-refractivity contribution < 1.29 is 9.90 Å². The summed E-state index contributed by atoms with van der Waals surface area (Å²) in [6.45, 7) is 5.43. The molecule has 3 unspecified atom stereocenters.